The Morgan fingerprint density at radius 1 is 1.00 bits per heavy atom. The van der Waals surface area contributed by atoms with Crippen LogP contribution in [0.4, 0.5) is 23.1 Å². The van der Waals surface area contributed by atoms with E-state index in [4.69, 9.17) is 14.5 Å². The van der Waals surface area contributed by atoms with Crippen molar-refractivity contribution in [3.8, 4) is 11.5 Å². The van der Waals surface area contributed by atoms with Gasteiger partial charge in [-0.1, -0.05) is 12.1 Å². The van der Waals surface area contributed by atoms with Gasteiger partial charge in [-0.05, 0) is 50.6 Å². The number of anilines is 4. The molecule has 27 heavy (non-hydrogen) atoms. The molecule has 1 aliphatic rings. The summed E-state index contributed by atoms with van der Waals surface area (Å²) in [5.74, 6) is 2.91. The topological polar surface area (TPSA) is 59.5 Å². The lowest BCUT2D eigenvalue weighted by Crippen LogP contribution is -2.19. The number of aromatic nitrogens is 2. The average Bonchev–Trinajstić information content (AvgIpc) is 3.10. The molecule has 0 spiro atoms. The van der Waals surface area contributed by atoms with Crippen LogP contribution in [0.1, 0.15) is 18.2 Å². The second kappa shape index (κ2) is 7.15. The maximum absolute atomic E-state index is 5.45. The molecule has 0 saturated carbocycles. The Morgan fingerprint density at radius 2 is 1.85 bits per heavy atom. The van der Waals surface area contributed by atoms with Gasteiger partial charge < -0.3 is 19.7 Å². The highest BCUT2D eigenvalue weighted by Crippen LogP contribution is 2.35. The van der Waals surface area contributed by atoms with Crippen LogP contribution >= 0.6 is 0 Å². The second-order valence-electron chi connectivity index (χ2n) is 6.47. The van der Waals surface area contributed by atoms with Crippen LogP contribution in [0.2, 0.25) is 0 Å². The summed E-state index contributed by atoms with van der Waals surface area (Å²) in [6, 6.07) is 16.0. The quantitative estimate of drug-likeness (QED) is 0.708. The number of benzene rings is 2. The predicted molar refractivity (Wildman–Crippen MR) is 106 cm³/mol. The molecule has 6 heteroatoms. The lowest BCUT2D eigenvalue weighted by atomic mass is 10.2. The molecule has 0 unspecified atom stereocenters. The maximum atomic E-state index is 5.45. The summed E-state index contributed by atoms with van der Waals surface area (Å²) in [4.78, 5) is 11.5. The highest BCUT2D eigenvalue weighted by Gasteiger charge is 2.15. The molecular formula is C21H22N4O2. The van der Waals surface area contributed by atoms with Gasteiger partial charge in [0.05, 0.1) is 0 Å². The highest BCUT2D eigenvalue weighted by molar-refractivity contribution is 5.64. The molecular weight excluding hydrogens is 340 g/mol. The Balaban J connectivity index is 1.64. The van der Waals surface area contributed by atoms with Crippen molar-refractivity contribution in [1.82, 2.24) is 9.97 Å². The summed E-state index contributed by atoms with van der Waals surface area (Å²) >= 11 is 0. The van der Waals surface area contributed by atoms with Gasteiger partial charge in [-0.3, -0.25) is 0 Å². The van der Waals surface area contributed by atoms with Crippen molar-refractivity contribution in [2.24, 2.45) is 0 Å². The van der Waals surface area contributed by atoms with E-state index in [9.17, 15) is 0 Å². The third-order valence-corrected chi connectivity index (χ3v) is 4.36. The van der Waals surface area contributed by atoms with E-state index in [-0.39, 0.29) is 6.79 Å². The molecule has 3 aromatic rings. The fourth-order valence-electron chi connectivity index (χ4n) is 3.10. The van der Waals surface area contributed by atoms with Crippen molar-refractivity contribution < 1.29 is 9.47 Å². The monoisotopic (exact) mass is 362 g/mol. The van der Waals surface area contributed by atoms with Gasteiger partial charge in [-0.2, -0.15) is 4.98 Å². The Kier molecular flexibility index (Phi) is 4.54. The van der Waals surface area contributed by atoms with Crippen molar-refractivity contribution >= 4 is 23.1 Å². The number of hydrogen-bond donors (Lipinski definition) is 1. The van der Waals surface area contributed by atoms with Crippen molar-refractivity contribution in [3.05, 3.63) is 59.8 Å². The lowest BCUT2D eigenvalue weighted by molar-refractivity contribution is 0.174. The van der Waals surface area contributed by atoms with Crippen LogP contribution in [-0.4, -0.2) is 23.3 Å². The Hall–Kier alpha value is -3.28. The molecule has 138 valence electrons. The summed E-state index contributed by atoms with van der Waals surface area (Å²) in [5, 5.41) is 3.34. The summed E-state index contributed by atoms with van der Waals surface area (Å²) in [6.07, 6.45) is 0. The predicted octanol–water partition coefficient (Wildman–Crippen LogP) is 4.72. The van der Waals surface area contributed by atoms with Crippen LogP contribution < -0.4 is 19.7 Å². The van der Waals surface area contributed by atoms with Crippen LogP contribution in [0, 0.1) is 13.8 Å². The standard InChI is InChI=1S/C21H22N4O2/c1-4-25(17-7-5-6-14(2)10-17)21-22-15(3)11-20(24-21)23-16-8-9-18-19(12-16)27-13-26-18/h5-12H,4,13H2,1-3H3,(H,22,23,24). The number of fused-ring (bicyclic) bond motifs is 1. The van der Waals surface area contributed by atoms with Crippen molar-refractivity contribution in [1.29, 1.82) is 0 Å². The Bertz CT molecular complexity index is 974. The van der Waals surface area contributed by atoms with E-state index in [1.807, 2.05) is 31.2 Å². The Morgan fingerprint density at radius 3 is 2.67 bits per heavy atom. The van der Waals surface area contributed by atoms with Gasteiger partial charge in [-0.15, -0.1) is 0 Å². The summed E-state index contributed by atoms with van der Waals surface area (Å²) in [7, 11) is 0. The first-order valence-electron chi connectivity index (χ1n) is 8.99. The minimum atomic E-state index is 0.261. The fraction of sp³-hybridized carbons (Fsp3) is 0.238. The van der Waals surface area contributed by atoms with Gasteiger partial charge in [0.15, 0.2) is 11.5 Å². The smallest absolute Gasteiger partial charge is 0.232 e. The SMILES string of the molecule is CCN(c1cccc(C)c1)c1nc(C)cc(Nc2ccc3c(c2)OCO3)n1. The van der Waals surface area contributed by atoms with Gasteiger partial charge >= 0.3 is 0 Å². The summed E-state index contributed by atoms with van der Waals surface area (Å²) < 4.78 is 10.8. The van der Waals surface area contributed by atoms with E-state index in [0.717, 1.165) is 40.9 Å². The van der Waals surface area contributed by atoms with E-state index < -0.39 is 0 Å². The lowest BCUT2D eigenvalue weighted by Gasteiger charge is -2.22. The van der Waals surface area contributed by atoms with E-state index in [2.05, 4.69) is 53.3 Å². The molecule has 0 fully saturated rings. The molecule has 0 aliphatic carbocycles. The van der Waals surface area contributed by atoms with Gasteiger partial charge in [0.25, 0.3) is 0 Å². The highest BCUT2D eigenvalue weighted by atomic mass is 16.7. The van der Waals surface area contributed by atoms with Crippen LogP contribution in [0.15, 0.2) is 48.5 Å². The molecule has 0 amide bonds. The number of nitrogens with one attached hydrogen (secondary N) is 1. The molecule has 1 N–H and O–H groups in total. The zero-order valence-corrected chi connectivity index (χ0v) is 15.7. The second-order valence-corrected chi connectivity index (χ2v) is 6.47. The molecule has 0 bridgehead atoms. The molecule has 2 heterocycles. The van der Waals surface area contributed by atoms with Gasteiger partial charge in [0.2, 0.25) is 12.7 Å². The van der Waals surface area contributed by atoms with E-state index in [0.29, 0.717) is 5.95 Å². The molecule has 6 nitrogen and oxygen atoms in total. The van der Waals surface area contributed by atoms with Crippen molar-refractivity contribution in [3.63, 3.8) is 0 Å². The number of nitrogens with zero attached hydrogens (tertiary/aromatic N) is 3. The van der Waals surface area contributed by atoms with E-state index in [1.165, 1.54) is 5.56 Å². The molecule has 0 atom stereocenters. The number of rotatable bonds is 5. The van der Waals surface area contributed by atoms with E-state index in [1.54, 1.807) is 0 Å². The first-order chi connectivity index (χ1) is 13.1. The minimum absolute atomic E-state index is 0.261. The number of ether oxygens (including phenoxy) is 2. The van der Waals surface area contributed by atoms with Gasteiger partial charge in [-0.25, -0.2) is 4.98 Å². The molecule has 0 radical (unpaired) electrons. The molecule has 4 rings (SSSR count). The van der Waals surface area contributed by atoms with Crippen LogP contribution in [-0.2, 0) is 0 Å². The maximum Gasteiger partial charge on any atom is 0.232 e. The third kappa shape index (κ3) is 3.65. The molecule has 0 saturated heterocycles. The number of hydrogen-bond acceptors (Lipinski definition) is 6. The van der Waals surface area contributed by atoms with Gasteiger partial charge in [0, 0.05) is 35.7 Å². The molecule has 1 aromatic heterocycles. The van der Waals surface area contributed by atoms with Crippen molar-refractivity contribution in [2.75, 3.05) is 23.6 Å². The fourth-order valence-corrected chi connectivity index (χ4v) is 3.10. The van der Waals surface area contributed by atoms with E-state index >= 15 is 0 Å². The van der Waals surface area contributed by atoms with Crippen molar-refractivity contribution in [2.45, 2.75) is 20.8 Å². The number of aryl methyl sites for hydroxylation is 2. The third-order valence-electron chi connectivity index (χ3n) is 4.36. The zero-order valence-electron chi connectivity index (χ0n) is 15.7. The average molecular weight is 362 g/mol. The summed E-state index contributed by atoms with van der Waals surface area (Å²) in [6.45, 7) is 7.19. The van der Waals surface area contributed by atoms with Crippen LogP contribution in [0.3, 0.4) is 0 Å². The molecule has 2 aromatic carbocycles. The first kappa shape index (κ1) is 17.1. The summed E-state index contributed by atoms with van der Waals surface area (Å²) in [5.41, 5.74) is 4.07. The normalized spacial score (nSPS) is 12.1. The Labute approximate surface area is 158 Å². The zero-order chi connectivity index (χ0) is 18.8. The molecule has 1 aliphatic heterocycles. The van der Waals surface area contributed by atoms with Gasteiger partial charge in [0.1, 0.15) is 5.82 Å². The largest absolute Gasteiger partial charge is 0.454 e. The van der Waals surface area contributed by atoms with Crippen LogP contribution in [0.5, 0.6) is 11.5 Å². The minimum Gasteiger partial charge on any atom is -0.454 e. The first-order valence-corrected chi connectivity index (χ1v) is 8.99. The van der Waals surface area contributed by atoms with Crippen LogP contribution in [0.25, 0.3) is 0 Å².